The number of rotatable bonds is 46. The fourth-order valence-corrected chi connectivity index (χ4v) is 7.99. The fraction of sp³-hybridized carbons (Fsp3) is 0.907. The molecular weight excluding hydrogens is 803 g/mol. The second-order valence-electron chi connectivity index (χ2n) is 18.5. The van der Waals surface area contributed by atoms with E-state index in [-0.39, 0.29) is 18.2 Å². The van der Waals surface area contributed by atoms with E-state index in [2.05, 4.69) is 42.3 Å². The Kier molecular flexibility index (Phi) is 51.9. The molecule has 0 aromatic rings. The van der Waals surface area contributed by atoms with Gasteiger partial charge < -0.3 is 24.9 Å². The largest absolute Gasteiger partial charge is 0.466 e. The Bertz CT molecular complexity index is 1010. The smallest absolute Gasteiger partial charge is 0.407 e. The third-order valence-corrected chi connectivity index (χ3v) is 12.1. The summed E-state index contributed by atoms with van der Waals surface area (Å²) in [4.78, 5) is 45.0. The highest BCUT2D eigenvalue weighted by atomic mass is 16.9. The maximum Gasteiger partial charge on any atom is 0.407 e. The lowest BCUT2D eigenvalue weighted by molar-refractivity contribution is -0.172. The number of amides is 1. The van der Waals surface area contributed by atoms with E-state index in [1.165, 1.54) is 173 Å². The van der Waals surface area contributed by atoms with E-state index in [4.69, 9.17) is 19.1 Å². The first-order valence-electron chi connectivity index (χ1n) is 27.4. The number of alkyl carbamates (subject to hydrolysis) is 1. The summed E-state index contributed by atoms with van der Waals surface area (Å²) in [6.45, 7) is 9.46. The normalized spacial score (nSPS) is 14.3. The molecule has 64 heavy (non-hydrogen) atoms. The first-order valence-corrected chi connectivity index (χ1v) is 27.4. The molecule has 0 bridgehead atoms. The summed E-state index contributed by atoms with van der Waals surface area (Å²) in [7, 11) is 0. The van der Waals surface area contributed by atoms with Gasteiger partial charge in [-0.25, -0.2) is 4.79 Å². The molecule has 1 atom stereocenters. The van der Waals surface area contributed by atoms with Crippen molar-refractivity contribution in [2.24, 2.45) is 0 Å². The van der Waals surface area contributed by atoms with E-state index in [0.717, 1.165) is 70.8 Å². The molecule has 0 saturated carbocycles. The molecule has 0 saturated heterocycles. The van der Waals surface area contributed by atoms with E-state index < -0.39 is 0 Å². The van der Waals surface area contributed by atoms with E-state index in [1.54, 1.807) is 6.92 Å². The Balaban J connectivity index is 0.00000166. The van der Waals surface area contributed by atoms with Gasteiger partial charge in [0.15, 0.2) is 0 Å². The lowest BCUT2D eigenvalue weighted by atomic mass is 10.0. The monoisotopic (exact) mass is 908 g/mol. The summed E-state index contributed by atoms with van der Waals surface area (Å²) in [5.41, 5.74) is 2.46. The van der Waals surface area contributed by atoms with E-state index in [1.807, 2.05) is 0 Å². The van der Waals surface area contributed by atoms with Gasteiger partial charge in [-0.3, -0.25) is 14.5 Å². The van der Waals surface area contributed by atoms with Crippen molar-refractivity contribution in [1.82, 2.24) is 16.3 Å². The van der Waals surface area contributed by atoms with Crippen LogP contribution in [-0.4, -0.2) is 63.4 Å². The van der Waals surface area contributed by atoms with E-state index in [9.17, 15) is 14.4 Å². The van der Waals surface area contributed by atoms with E-state index in [0.29, 0.717) is 51.5 Å². The van der Waals surface area contributed by atoms with Gasteiger partial charge in [-0.2, -0.15) is 0 Å². The first kappa shape index (κ1) is 62.0. The molecular formula is C54H105N3O7. The highest BCUT2D eigenvalue weighted by molar-refractivity contribution is 5.75. The molecule has 1 aliphatic carbocycles. The van der Waals surface area contributed by atoms with E-state index >= 15 is 0 Å². The Morgan fingerprint density at radius 1 is 0.484 bits per heavy atom. The zero-order valence-electron chi connectivity index (χ0n) is 42.4. The number of nitrogens with one attached hydrogen (secondary N) is 3. The molecule has 0 heterocycles. The molecule has 0 fully saturated rings. The molecule has 378 valence electrons. The molecule has 0 aromatic heterocycles. The van der Waals surface area contributed by atoms with Crippen molar-refractivity contribution in [3.05, 3.63) is 12.2 Å². The lowest BCUT2D eigenvalue weighted by Crippen LogP contribution is -2.32. The zero-order chi connectivity index (χ0) is 46.5. The predicted octanol–water partition coefficient (Wildman–Crippen LogP) is 15.1. The number of ketones is 1. The van der Waals surface area contributed by atoms with Crippen molar-refractivity contribution in [2.45, 2.75) is 277 Å². The van der Waals surface area contributed by atoms with Gasteiger partial charge in [-0.15, -0.1) is 0 Å². The van der Waals surface area contributed by atoms with Crippen LogP contribution in [0.3, 0.4) is 0 Å². The van der Waals surface area contributed by atoms with Gasteiger partial charge >= 0.3 is 12.1 Å². The van der Waals surface area contributed by atoms with Crippen LogP contribution in [0.4, 0.5) is 4.79 Å². The second kappa shape index (κ2) is 53.6. The topological polar surface area (TPSA) is 124 Å². The van der Waals surface area contributed by atoms with Gasteiger partial charge in [-0.05, 0) is 64.8 Å². The molecule has 0 aromatic carbocycles. The van der Waals surface area contributed by atoms with Crippen LogP contribution in [0.15, 0.2) is 12.2 Å². The standard InChI is InChI=1S/C35H67N3O6.C19H38O/c1-2-3-4-5-6-7-8-9-10-11-12-13-14-18-21-26-34(39)41-30-23-31-42-38-43-32-29-36-27-22-28-37-35(40)44-33-24-19-16-15-17-20-25-33;1-3-4-5-6-7-8-9-10-11-12-13-14-15-16-17-18-19(2)20/h15-16,33,36,38H,2-14,17-32H2,1H3,(H,37,40);3-18H2,1-2H3/b16-15+;. The summed E-state index contributed by atoms with van der Waals surface area (Å²) in [5, 5.41) is 6.08. The minimum atomic E-state index is -0.320. The molecule has 0 aliphatic heterocycles. The van der Waals surface area contributed by atoms with Gasteiger partial charge in [0, 0.05) is 32.4 Å². The van der Waals surface area contributed by atoms with Gasteiger partial charge in [0.2, 0.25) is 0 Å². The number of hydrogen-bond donors (Lipinski definition) is 3. The molecule has 10 heteroatoms. The number of carbonyl (C=O) groups excluding carboxylic acids is 3. The lowest BCUT2D eigenvalue weighted by Gasteiger charge is -2.18. The van der Waals surface area contributed by atoms with Crippen LogP contribution in [-0.2, 0) is 28.7 Å². The number of esters is 1. The number of hydrogen-bond acceptors (Lipinski definition) is 9. The molecule has 1 aliphatic rings. The van der Waals surface area contributed by atoms with Gasteiger partial charge in [-0.1, -0.05) is 211 Å². The fourth-order valence-electron chi connectivity index (χ4n) is 7.99. The Morgan fingerprint density at radius 2 is 0.953 bits per heavy atom. The van der Waals surface area contributed by atoms with Crippen LogP contribution in [0, 0.1) is 0 Å². The first-order chi connectivity index (χ1) is 31.5. The van der Waals surface area contributed by atoms with Crippen molar-refractivity contribution in [3.8, 4) is 0 Å². The van der Waals surface area contributed by atoms with Crippen molar-refractivity contribution < 1.29 is 33.5 Å². The van der Waals surface area contributed by atoms with Crippen LogP contribution in [0.5, 0.6) is 0 Å². The van der Waals surface area contributed by atoms with Crippen LogP contribution in [0.25, 0.3) is 0 Å². The number of allylic oxidation sites excluding steroid dienone is 2. The minimum absolute atomic E-state index is 0.0218. The molecule has 1 amide bonds. The molecule has 0 spiro atoms. The summed E-state index contributed by atoms with van der Waals surface area (Å²) in [5.74, 6) is 0.231. The third-order valence-electron chi connectivity index (χ3n) is 12.1. The number of unbranched alkanes of at least 4 members (excludes halogenated alkanes) is 28. The second-order valence-corrected chi connectivity index (χ2v) is 18.5. The van der Waals surface area contributed by atoms with Crippen LogP contribution < -0.4 is 16.3 Å². The summed E-state index contributed by atoms with van der Waals surface area (Å²) < 4.78 is 10.8. The third kappa shape index (κ3) is 52.6. The average molecular weight is 908 g/mol. The summed E-state index contributed by atoms with van der Waals surface area (Å²) in [6, 6.07) is 0. The molecule has 1 rings (SSSR count). The highest BCUT2D eigenvalue weighted by Gasteiger charge is 2.14. The van der Waals surface area contributed by atoms with Crippen molar-refractivity contribution in [2.75, 3.05) is 39.5 Å². The van der Waals surface area contributed by atoms with Crippen molar-refractivity contribution in [1.29, 1.82) is 0 Å². The molecule has 1 unspecified atom stereocenters. The Labute approximate surface area is 395 Å². The maximum absolute atomic E-state index is 11.9. The van der Waals surface area contributed by atoms with Crippen LogP contribution >= 0.6 is 0 Å². The Hall–Kier alpha value is -2.01. The van der Waals surface area contributed by atoms with Gasteiger partial charge in [0.25, 0.3) is 0 Å². The zero-order valence-corrected chi connectivity index (χ0v) is 42.4. The summed E-state index contributed by atoms with van der Waals surface area (Å²) in [6.07, 6.45) is 52.3. The number of carbonyl (C=O) groups is 3. The quantitative estimate of drug-likeness (QED) is 0.0237. The minimum Gasteiger partial charge on any atom is -0.466 e. The number of Topliss-reactive ketones (excluding diaryl/α,β-unsaturated/α-hetero) is 1. The predicted molar refractivity (Wildman–Crippen MR) is 268 cm³/mol. The van der Waals surface area contributed by atoms with Crippen molar-refractivity contribution >= 4 is 17.8 Å². The SMILES string of the molecule is CCCCCCCCCCCCCCCCCC(=O)OCCCONOCCNCCCNC(=O)OC1CC/C=C/CCC1.CCCCCCCCCCCCCCCCCC(C)=O. The Morgan fingerprint density at radius 3 is 1.47 bits per heavy atom. The number of ether oxygens (including phenoxy) is 2. The van der Waals surface area contributed by atoms with Crippen LogP contribution in [0.2, 0.25) is 0 Å². The van der Waals surface area contributed by atoms with Gasteiger partial charge in [0.1, 0.15) is 11.9 Å². The molecule has 3 N–H and O–H groups in total. The van der Waals surface area contributed by atoms with Gasteiger partial charge in [0.05, 0.1) is 19.8 Å². The molecule has 10 nitrogen and oxygen atoms in total. The summed E-state index contributed by atoms with van der Waals surface area (Å²) >= 11 is 0. The average Bonchev–Trinajstić information content (AvgIpc) is 3.27. The molecule has 0 radical (unpaired) electrons. The van der Waals surface area contributed by atoms with Crippen LogP contribution in [0.1, 0.15) is 271 Å². The maximum atomic E-state index is 11.9. The van der Waals surface area contributed by atoms with Crippen molar-refractivity contribution in [3.63, 3.8) is 0 Å². The highest BCUT2D eigenvalue weighted by Crippen LogP contribution is 2.17.